The number of thiazole rings is 1. The molecule has 0 radical (unpaired) electrons. The third-order valence-electron chi connectivity index (χ3n) is 4.87. The number of nitrogens with one attached hydrogen (secondary N) is 1. The van der Waals surface area contributed by atoms with Gasteiger partial charge in [-0.1, -0.05) is 0 Å². The topological polar surface area (TPSA) is 61.4 Å². The minimum atomic E-state index is -0.137. The third-order valence-corrected chi connectivity index (χ3v) is 5.91. The van der Waals surface area contributed by atoms with Gasteiger partial charge in [0.25, 0.3) is 5.91 Å². The highest BCUT2D eigenvalue weighted by atomic mass is 32.1. The maximum Gasteiger partial charge on any atom is 0.267 e. The summed E-state index contributed by atoms with van der Waals surface area (Å²) in [6.07, 6.45) is 6.23. The summed E-state index contributed by atoms with van der Waals surface area (Å²) in [6, 6.07) is 11.9. The number of hydrogen-bond donors (Lipinski definition) is 1. The van der Waals surface area contributed by atoms with Gasteiger partial charge in [-0.05, 0) is 56.4 Å². The molecule has 6 nitrogen and oxygen atoms in total. The second kappa shape index (κ2) is 8.50. The summed E-state index contributed by atoms with van der Waals surface area (Å²) in [5, 5.41) is 3.78. The van der Waals surface area contributed by atoms with Crippen molar-refractivity contribution in [2.45, 2.75) is 6.42 Å². The molecule has 1 aromatic carbocycles. The van der Waals surface area contributed by atoms with Crippen molar-refractivity contribution in [1.82, 2.24) is 14.9 Å². The van der Waals surface area contributed by atoms with E-state index in [1.165, 1.54) is 23.4 Å². The fourth-order valence-electron chi connectivity index (χ4n) is 3.26. The summed E-state index contributed by atoms with van der Waals surface area (Å²) in [5.41, 5.74) is 2.96. The molecule has 3 aromatic rings. The van der Waals surface area contributed by atoms with Crippen LogP contribution >= 0.6 is 11.3 Å². The van der Waals surface area contributed by atoms with Gasteiger partial charge in [-0.15, -0.1) is 11.3 Å². The van der Waals surface area contributed by atoms with E-state index in [1.54, 1.807) is 18.6 Å². The van der Waals surface area contributed by atoms with Crippen LogP contribution in [0.15, 0.2) is 55.0 Å². The van der Waals surface area contributed by atoms with Crippen LogP contribution in [0, 0.1) is 0 Å². The van der Waals surface area contributed by atoms with E-state index in [1.807, 2.05) is 24.3 Å². The molecule has 0 saturated carbocycles. The monoisotopic (exact) mass is 393 g/mol. The maximum absolute atomic E-state index is 12.6. The maximum atomic E-state index is 12.6. The molecule has 0 aliphatic carbocycles. The van der Waals surface area contributed by atoms with Gasteiger partial charge in [-0.2, -0.15) is 0 Å². The number of nitrogens with zero attached hydrogens (tertiary/aromatic N) is 4. The summed E-state index contributed by atoms with van der Waals surface area (Å²) in [7, 11) is 2.17. The Morgan fingerprint density at radius 3 is 2.61 bits per heavy atom. The Bertz CT molecular complexity index is 925. The Kier molecular flexibility index (Phi) is 5.64. The molecule has 0 unspecified atom stereocenters. The van der Waals surface area contributed by atoms with Crippen LogP contribution in [0.25, 0.3) is 10.6 Å². The highest BCUT2D eigenvalue weighted by molar-refractivity contribution is 7.17. The van der Waals surface area contributed by atoms with Gasteiger partial charge in [-0.25, -0.2) is 4.98 Å². The lowest BCUT2D eigenvalue weighted by Gasteiger charge is -2.23. The normalized spacial score (nSPS) is 15.2. The molecule has 0 atom stereocenters. The second-order valence-electron chi connectivity index (χ2n) is 6.91. The van der Waals surface area contributed by atoms with Gasteiger partial charge in [0, 0.05) is 49.0 Å². The van der Waals surface area contributed by atoms with E-state index in [0.717, 1.165) is 42.4 Å². The first-order valence-electron chi connectivity index (χ1n) is 9.40. The standard InChI is InChI=1S/C21H23N5OS/c1-25-11-2-12-26(14-13-25)18-5-3-17(4-6-18)24-20(27)19-15-23-21(28-19)16-7-9-22-10-8-16/h3-10,15H,2,11-14H2,1H3,(H,24,27). The molecular formula is C21H23N5OS. The van der Waals surface area contributed by atoms with Crippen molar-refractivity contribution in [3.63, 3.8) is 0 Å². The zero-order valence-corrected chi connectivity index (χ0v) is 16.7. The molecule has 1 fully saturated rings. The predicted octanol–water partition coefficient (Wildman–Crippen LogP) is 3.60. The molecule has 1 amide bonds. The molecular weight excluding hydrogens is 370 g/mol. The largest absolute Gasteiger partial charge is 0.370 e. The number of rotatable bonds is 4. The first-order valence-corrected chi connectivity index (χ1v) is 10.2. The van der Waals surface area contributed by atoms with E-state index in [4.69, 9.17) is 0 Å². The molecule has 1 aliphatic rings. The highest BCUT2D eigenvalue weighted by Gasteiger charge is 2.14. The fourth-order valence-corrected chi connectivity index (χ4v) is 4.08. The molecule has 1 N–H and O–H groups in total. The van der Waals surface area contributed by atoms with Crippen LogP contribution < -0.4 is 10.2 Å². The minimum Gasteiger partial charge on any atom is -0.370 e. The van der Waals surface area contributed by atoms with Gasteiger partial charge in [0.15, 0.2) is 0 Å². The van der Waals surface area contributed by atoms with Crippen molar-refractivity contribution in [3.05, 3.63) is 59.9 Å². The first kappa shape index (κ1) is 18.6. The fraction of sp³-hybridized carbons (Fsp3) is 0.286. The molecule has 7 heteroatoms. The molecule has 0 bridgehead atoms. The molecule has 4 rings (SSSR count). The number of hydrogen-bond acceptors (Lipinski definition) is 6. The van der Waals surface area contributed by atoms with Gasteiger partial charge in [0.05, 0.1) is 6.20 Å². The number of benzene rings is 1. The number of aromatic nitrogens is 2. The number of likely N-dealkylation sites (N-methyl/N-ethyl adjacent to an activating group) is 1. The van der Waals surface area contributed by atoms with Gasteiger partial charge >= 0.3 is 0 Å². The average molecular weight is 394 g/mol. The van der Waals surface area contributed by atoms with Crippen molar-refractivity contribution >= 4 is 28.6 Å². The molecule has 2 aromatic heterocycles. The van der Waals surface area contributed by atoms with Crippen molar-refractivity contribution in [2.24, 2.45) is 0 Å². The Labute approximate surface area is 168 Å². The number of amides is 1. The average Bonchev–Trinajstić information content (AvgIpc) is 3.13. The lowest BCUT2D eigenvalue weighted by Crippen LogP contribution is -2.28. The summed E-state index contributed by atoms with van der Waals surface area (Å²) in [5.74, 6) is -0.137. The van der Waals surface area contributed by atoms with Crippen LogP contribution in [0.5, 0.6) is 0 Å². The zero-order valence-electron chi connectivity index (χ0n) is 15.8. The SMILES string of the molecule is CN1CCCN(c2ccc(NC(=O)c3cnc(-c4ccncc4)s3)cc2)CC1. The third kappa shape index (κ3) is 4.37. The highest BCUT2D eigenvalue weighted by Crippen LogP contribution is 2.25. The summed E-state index contributed by atoms with van der Waals surface area (Å²) in [4.78, 5) is 26.3. The lowest BCUT2D eigenvalue weighted by atomic mass is 10.2. The van der Waals surface area contributed by atoms with Crippen molar-refractivity contribution in [3.8, 4) is 10.6 Å². The van der Waals surface area contributed by atoms with Crippen molar-refractivity contribution < 1.29 is 4.79 Å². The van der Waals surface area contributed by atoms with Gasteiger partial charge < -0.3 is 15.1 Å². The van der Waals surface area contributed by atoms with Crippen LogP contribution in [-0.2, 0) is 0 Å². The minimum absolute atomic E-state index is 0.137. The Morgan fingerprint density at radius 2 is 1.82 bits per heavy atom. The van der Waals surface area contributed by atoms with Crippen molar-refractivity contribution in [2.75, 3.05) is 43.4 Å². The lowest BCUT2D eigenvalue weighted by molar-refractivity contribution is 0.103. The summed E-state index contributed by atoms with van der Waals surface area (Å²) in [6.45, 7) is 4.31. The number of carbonyl (C=O) groups is 1. The van der Waals surface area contributed by atoms with E-state index in [-0.39, 0.29) is 5.91 Å². The van der Waals surface area contributed by atoms with E-state index in [2.05, 4.69) is 44.3 Å². The molecule has 144 valence electrons. The number of pyridine rings is 1. The smallest absolute Gasteiger partial charge is 0.267 e. The van der Waals surface area contributed by atoms with E-state index in [9.17, 15) is 4.79 Å². The summed E-state index contributed by atoms with van der Waals surface area (Å²) >= 11 is 1.38. The zero-order chi connectivity index (χ0) is 19.3. The Hall–Kier alpha value is -2.77. The number of carbonyl (C=O) groups excluding carboxylic acids is 1. The van der Waals surface area contributed by atoms with E-state index < -0.39 is 0 Å². The van der Waals surface area contributed by atoms with Crippen LogP contribution in [-0.4, -0.2) is 54.0 Å². The summed E-state index contributed by atoms with van der Waals surface area (Å²) < 4.78 is 0. The molecule has 1 aliphatic heterocycles. The van der Waals surface area contributed by atoms with E-state index >= 15 is 0 Å². The van der Waals surface area contributed by atoms with Gasteiger partial charge in [-0.3, -0.25) is 9.78 Å². The van der Waals surface area contributed by atoms with Crippen LogP contribution in [0.2, 0.25) is 0 Å². The first-order chi connectivity index (χ1) is 13.7. The van der Waals surface area contributed by atoms with Crippen LogP contribution in [0.4, 0.5) is 11.4 Å². The molecule has 1 saturated heterocycles. The predicted molar refractivity (Wildman–Crippen MR) is 114 cm³/mol. The molecule has 3 heterocycles. The number of anilines is 2. The quantitative estimate of drug-likeness (QED) is 0.734. The second-order valence-corrected chi connectivity index (χ2v) is 7.94. The Morgan fingerprint density at radius 1 is 1.04 bits per heavy atom. The van der Waals surface area contributed by atoms with Crippen LogP contribution in [0.1, 0.15) is 16.1 Å². The van der Waals surface area contributed by atoms with Crippen molar-refractivity contribution in [1.29, 1.82) is 0 Å². The molecule has 0 spiro atoms. The molecule has 28 heavy (non-hydrogen) atoms. The Balaban J connectivity index is 1.40. The van der Waals surface area contributed by atoms with Gasteiger partial charge in [0.1, 0.15) is 9.88 Å². The van der Waals surface area contributed by atoms with Crippen LogP contribution in [0.3, 0.4) is 0 Å². The van der Waals surface area contributed by atoms with E-state index in [0.29, 0.717) is 4.88 Å². The van der Waals surface area contributed by atoms with Gasteiger partial charge in [0.2, 0.25) is 0 Å².